The standard InChI is InChI=1S/C16H21N3O2/c1-2-8-17-15-5-3-4-12-6-7-13(9-14(12)15)20-10-16-18-11-21-19-16/h6-7,9,11,15,17H,2-5,8,10H2,1H3. The normalized spacial score (nSPS) is 17.5. The van der Waals surface area contributed by atoms with Gasteiger partial charge in [-0.05, 0) is 55.5 Å². The first-order chi connectivity index (χ1) is 10.4. The van der Waals surface area contributed by atoms with Gasteiger partial charge in [-0.3, -0.25) is 0 Å². The topological polar surface area (TPSA) is 60.2 Å². The van der Waals surface area contributed by atoms with Gasteiger partial charge in [-0.15, -0.1) is 0 Å². The molecule has 0 spiro atoms. The summed E-state index contributed by atoms with van der Waals surface area (Å²) >= 11 is 0. The molecule has 0 fully saturated rings. The molecule has 0 radical (unpaired) electrons. The van der Waals surface area contributed by atoms with Gasteiger partial charge >= 0.3 is 0 Å². The molecule has 5 nitrogen and oxygen atoms in total. The molecule has 1 aliphatic carbocycles. The average molecular weight is 287 g/mol. The molecule has 112 valence electrons. The van der Waals surface area contributed by atoms with Gasteiger partial charge in [0.25, 0.3) is 0 Å². The number of hydrogen-bond acceptors (Lipinski definition) is 5. The number of hydrogen-bond donors (Lipinski definition) is 1. The molecule has 1 aromatic carbocycles. The highest BCUT2D eigenvalue weighted by atomic mass is 16.5. The molecule has 0 bridgehead atoms. The first-order valence-electron chi connectivity index (χ1n) is 7.61. The van der Waals surface area contributed by atoms with Crippen LogP contribution in [0.2, 0.25) is 0 Å². The number of rotatable bonds is 6. The SMILES string of the molecule is CCCNC1CCCc2ccc(OCc3ncon3)cc21. The summed E-state index contributed by atoms with van der Waals surface area (Å²) in [5, 5.41) is 7.38. The Labute approximate surface area is 124 Å². The van der Waals surface area contributed by atoms with Crippen molar-refractivity contribution in [1.82, 2.24) is 15.5 Å². The Hall–Kier alpha value is -1.88. The van der Waals surface area contributed by atoms with Crippen LogP contribution in [0.25, 0.3) is 0 Å². The van der Waals surface area contributed by atoms with Gasteiger partial charge in [-0.1, -0.05) is 18.1 Å². The molecule has 1 aromatic heterocycles. The number of fused-ring (bicyclic) bond motifs is 1. The summed E-state index contributed by atoms with van der Waals surface area (Å²) in [6.45, 7) is 3.58. The Kier molecular flexibility index (Phi) is 4.50. The van der Waals surface area contributed by atoms with Crippen molar-refractivity contribution in [3.63, 3.8) is 0 Å². The Morgan fingerprint density at radius 3 is 3.19 bits per heavy atom. The van der Waals surface area contributed by atoms with E-state index in [-0.39, 0.29) is 0 Å². The van der Waals surface area contributed by atoms with Gasteiger partial charge in [0.2, 0.25) is 12.2 Å². The number of nitrogens with zero attached hydrogens (tertiary/aromatic N) is 2. The highest BCUT2D eigenvalue weighted by molar-refractivity contribution is 5.39. The van der Waals surface area contributed by atoms with Gasteiger partial charge in [-0.2, -0.15) is 4.98 Å². The molecule has 2 aromatic rings. The lowest BCUT2D eigenvalue weighted by molar-refractivity contribution is 0.285. The van der Waals surface area contributed by atoms with Crippen LogP contribution in [0.1, 0.15) is 49.2 Å². The van der Waals surface area contributed by atoms with Crippen molar-refractivity contribution < 1.29 is 9.26 Å². The molecular formula is C16H21N3O2. The Balaban J connectivity index is 1.72. The second-order valence-electron chi connectivity index (χ2n) is 5.40. The van der Waals surface area contributed by atoms with E-state index in [2.05, 4.69) is 34.5 Å². The first kappa shape index (κ1) is 14.1. The summed E-state index contributed by atoms with van der Waals surface area (Å²) in [5.74, 6) is 1.43. The fraction of sp³-hybridized carbons (Fsp3) is 0.500. The third-order valence-electron chi connectivity index (χ3n) is 3.85. The van der Waals surface area contributed by atoms with E-state index in [1.165, 1.54) is 30.4 Å². The van der Waals surface area contributed by atoms with E-state index >= 15 is 0 Å². The van der Waals surface area contributed by atoms with Crippen LogP contribution in [0, 0.1) is 0 Å². The molecule has 0 saturated heterocycles. The van der Waals surface area contributed by atoms with Crippen molar-refractivity contribution in [2.24, 2.45) is 0 Å². The molecule has 1 heterocycles. The van der Waals surface area contributed by atoms with Crippen molar-refractivity contribution in [2.45, 2.75) is 45.3 Å². The van der Waals surface area contributed by atoms with Crippen LogP contribution < -0.4 is 10.1 Å². The Morgan fingerprint density at radius 1 is 1.43 bits per heavy atom. The van der Waals surface area contributed by atoms with E-state index in [9.17, 15) is 0 Å². The summed E-state index contributed by atoms with van der Waals surface area (Å²) in [7, 11) is 0. The molecule has 0 aliphatic heterocycles. The van der Waals surface area contributed by atoms with Gasteiger partial charge in [0.05, 0.1) is 0 Å². The maximum atomic E-state index is 5.76. The van der Waals surface area contributed by atoms with Gasteiger partial charge < -0.3 is 14.6 Å². The largest absolute Gasteiger partial charge is 0.485 e. The smallest absolute Gasteiger partial charge is 0.213 e. The molecular weight excluding hydrogens is 266 g/mol. The third kappa shape index (κ3) is 3.42. The van der Waals surface area contributed by atoms with Crippen molar-refractivity contribution in [3.8, 4) is 5.75 Å². The fourth-order valence-electron chi connectivity index (χ4n) is 2.80. The predicted octanol–water partition coefficient (Wildman–Crippen LogP) is 3.03. The van der Waals surface area contributed by atoms with Crippen molar-refractivity contribution in [1.29, 1.82) is 0 Å². The van der Waals surface area contributed by atoms with Gasteiger partial charge in [0.1, 0.15) is 5.75 Å². The highest BCUT2D eigenvalue weighted by Gasteiger charge is 2.20. The highest BCUT2D eigenvalue weighted by Crippen LogP contribution is 2.32. The second kappa shape index (κ2) is 6.72. The number of aryl methyl sites for hydroxylation is 1. The lowest BCUT2D eigenvalue weighted by Gasteiger charge is -2.27. The van der Waals surface area contributed by atoms with Crippen molar-refractivity contribution >= 4 is 0 Å². The Morgan fingerprint density at radius 2 is 2.38 bits per heavy atom. The van der Waals surface area contributed by atoms with Crippen molar-refractivity contribution in [3.05, 3.63) is 41.5 Å². The molecule has 0 amide bonds. The molecule has 1 N–H and O–H groups in total. The lowest BCUT2D eigenvalue weighted by atomic mass is 9.87. The van der Waals surface area contributed by atoms with Crippen molar-refractivity contribution in [2.75, 3.05) is 6.54 Å². The minimum atomic E-state index is 0.336. The van der Waals surface area contributed by atoms with Crippen LogP contribution in [-0.4, -0.2) is 16.7 Å². The summed E-state index contributed by atoms with van der Waals surface area (Å²) in [6, 6.07) is 6.81. The zero-order valence-corrected chi connectivity index (χ0v) is 12.3. The number of nitrogens with one attached hydrogen (secondary N) is 1. The number of benzene rings is 1. The summed E-state index contributed by atoms with van der Waals surface area (Å²) in [6.07, 6.45) is 6.07. The second-order valence-corrected chi connectivity index (χ2v) is 5.40. The van der Waals surface area contributed by atoms with Crippen LogP contribution in [0.4, 0.5) is 0 Å². The van der Waals surface area contributed by atoms with Gasteiger partial charge in [-0.25, -0.2) is 0 Å². The molecule has 0 saturated carbocycles. The van der Waals surface area contributed by atoms with Gasteiger partial charge in [0, 0.05) is 6.04 Å². The van der Waals surface area contributed by atoms with E-state index in [0.717, 1.165) is 25.1 Å². The molecule has 3 rings (SSSR count). The molecule has 1 unspecified atom stereocenters. The summed E-state index contributed by atoms with van der Waals surface area (Å²) < 4.78 is 10.5. The quantitative estimate of drug-likeness (QED) is 0.885. The van der Waals surface area contributed by atoms with E-state index in [4.69, 9.17) is 9.26 Å². The maximum absolute atomic E-state index is 5.76. The maximum Gasteiger partial charge on any atom is 0.213 e. The monoisotopic (exact) mass is 287 g/mol. The predicted molar refractivity (Wildman–Crippen MR) is 79.0 cm³/mol. The fourth-order valence-corrected chi connectivity index (χ4v) is 2.80. The number of aromatic nitrogens is 2. The van der Waals surface area contributed by atoms with E-state index < -0.39 is 0 Å². The average Bonchev–Trinajstić information content (AvgIpc) is 3.04. The van der Waals surface area contributed by atoms with Crippen LogP contribution in [0.5, 0.6) is 5.75 Å². The summed E-state index contributed by atoms with van der Waals surface area (Å²) in [5.41, 5.74) is 2.81. The molecule has 1 aliphatic rings. The minimum absolute atomic E-state index is 0.336. The van der Waals surface area contributed by atoms with Gasteiger partial charge in [0.15, 0.2) is 6.61 Å². The first-order valence-corrected chi connectivity index (χ1v) is 7.61. The molecule has 5 heteroatoms. The third-order valence-corrected chi connectivity index (χ3v) is 3.85. The summed E-state index contributed by atoms with van der Waals surface area (Å²) in [4.78, 5) is 3.96. The molecule has 1 atom stereocenters. The zero-order valence-electron chi connectivity index (χ0n) is 12.3. The van der Waals surface area contributed by atoms with E-state index in [1.54, 1.807) is 0 Å². The van der Waals surface area contributed by atoms with E-state index in [0.29, 0.717) is 18.5 Å². The number of ether oxygens (including phenoxy) is 1. The van der Waals surface area contributed by atoms with Crippen LogP contribution in [-0.2, 0) is 13.0 Å². The van der Waals surface area contributed by atoms with E-state index in [1.807, 2.05) is 6.07 Å². The van der Waals surface area contributed by atoms with Crippen LogP contribution in [0.3, 0.4) is 0 Å². The van der Waals surface area contributed by atoms with Crippen LogP contribution in [0.15, 0.2) is 29.1 Å². The lowest BCUT2D eigenvalue weighted by Crippen LogP contribution is -2.25. The minimum Gasteiger partial charge on any atom is -0.485 e. The molecule has 21 heavy (non-hydrogen) atoms. The van der Waals surface area contributed by atoms with Crippen LogP contribution >= 0.6 is 0 Å². The zero-order chi connectivity index (χ0) is 14.5. The Bertz CT molecular complexity index is 569.